The lowest BCUT2D eigenvalue weighted by Crippen LogP contribution is -2.10. The number of hydrogen-bond acceptors (Lipinski definition) is 2. The zero-order valence-corrected chi connectivity index (χ0v) is 28.8. The first-order chi connectivity index (χ1) is 26.3. The Morgan fingerprint density at radius 3 is 1.79 bits per heavy atom. The van der Waals surface area contributed by atoms with Crippen LogP contribution in [0.1, 0.15) is 0 Å². The molecule has 3 nitrogen and oxygen atoms in total. The monoisotopic (exact) mass is 676 g/mol. The van der Waals surface area contributed by atoms with E-state index >= 15 is 0 Å². The molecule has 11 aromatic rings. The molecule has 0 aliphatic rings. The minimum atomic E-state index is 0.884. The Bertz CT molecular complexity index is 3170. The van der Waals surface area contributed by atoms with Crippen LogP contribution < -0.4 is 4.90 Å². The van der Waals surface area contributed by atoms with Crippen molar-refractivity contribution in [1.29, 1.82) is 0 Å². The van der Waals surface area contributed by atoms with Crippen molar-refractivity contribution in [1.82, 2.24) is 4.57 Å². The van der Waals surface area contributed by atoms with Crippen LogP contribution in [0.5, 0.6) is 0 Å². The average molecular weight is 677 g/mol. The van der Waals surface area contributed by atoms with E-state index in [9.17, 15) is 0 Å². The van der Waals surface area contributed by atoms with Crippen LogP contribution in [0, 0.1) is 0 Å². The van der Waals surface area contributed by atoms with Crippen LogP contribution in [0.15, 0.2) is 199 Å². The highest BCUT2D eigenvalue weighted by molar-refractivity contribution is 6.12. The van der Waals surface area contributed by atoms with Gasteiger partial charge in [0, 0.05) is 44.3 Å². The van der Waals surface area contributed by atoms with E-state index in [0.29, 0.717) is 0 Å². The third-order valence-electron chi connectivity index (χ3n) is 10.8. The van der Waals surface area contributed by atoms with Crippen LogP contribution in [0.3, 0.4) is 0 Å². The molecule has 0 bridgehead atoms. The number of furan rings is 1. The van der Waals surface area contributed by atoms with Crippen molar-refractivity contribution in [2.24, 2.45) is 0 Å². The molecule has 0 N–H and O–H groups in total. The molecule has 2 heterocycles. The SMILES string of the molecule is c1ccc(-c2ccc(-n3c4ccccc4c4ccc(N(c5ccc6c(ccc7ccccc76)c5)c5ccc6oc7ccccc7c6c5)cc43)cc2)cc1. The van der Waals surface area contributed by atoms with Gasteiger partial charge in [-0.05, 0) is 99.4 Å². The molecule has 9 aromatic carbocycles. The number of fused-ring (bicyclic) bond motifs is 9. The average Bonchev–Trinajstić information content (AvgIpc) is 3.76. The summed E-state index contributed by atoms with van der Waals surface area (Å²) in [7, 11) is 0. The van der Waals surface area contributed by atoms with Gasteiger partial charge in [-0.25, -0.2) is 0 Å². The number of benzene rings is 9. The van der Waals surface area contributed by atoms with E-state index in [1.54, 1.807) is 0 Å². The van der Waals surface area contributed by atoms with E-state index in [4.69, 9.17) is 4.42 Å². The van der Waals surface area contributed by atoms with Gasteiger partial charge in [0.15, 0.2) is 0 Å². The van der Waals surface area contributed by atoms with Crippen molar-refractivity contribution in [2.45, 2.75) is 0 Å². The number of para-hydroxylation sites is 2. The summed E-state index contributed by atoms with van der Waals surface area (Å²) < 4.78 is 8.67. The molecule has 0 saturated carbocycles. The van der Waals surface area contributed by atoms with Gasteiger partial charge in [-0.15, -0.1) is 0 Å². The maximum atomic E-state index is 6.27. The van der Waals surface area contributed by atoms with Crippen molar-refractivity contribution in [2.75, 3.05) is 4.90 Å². The minimum absolute atomic E-state index is 0.884. The molecular formula is C50H32N2O. The van der Waals surface area contributed by atoms with Gasteiger partial charge in [-0.2, -0.15) is 0 Å². The van der Waals surface area contributed by atoms with Gasteiger partial charge in [0.1, 0.15) is 11.2 Å². The Hall–Kier alpha value is -7.10. The fraction of sp³-hybridized carbons (Fsp3) is 0. The van der Waals surface area contributed by atoms with Gasteiger partial charge in [-0.1, -0.05) is 127 Å². The predicted octanol–water partition coefficient (Wildman–Crippen LogP) is 14.1. The van der Waals surface area contributed by atoms with E-state index in [-0.39, 0.29) is 0 Å². The van der Waals surface area contributed by atoms with Crippen LogP contribution in [0.4, 0.5) is 17.1 Å². The maximum Gasteiger partial charge on any atom is 0.135 e. The molecule has 0 radical (unpaired) electrons. The van der Waals surface area contributed by atoms with Gasteiger partial charge >= 0.3 is 0 Å². The number of aromatic nitrogens is 1. The van der Waals surface area contributed by atoms with Gasteiger partial charge in [-0.3, -0.25) is 0 Å². The lowest BCUT2D eigenvalue weighted by molar-refractivity contribution is 0.669. The van der Waals surface area contributed by atoms with Crippen molar-refractivity contribution >= 4 is 82.4 Å². The topological polar surface area (TPSA) is 21.3 Å². The number of nitrogens with zero attached hydrogens (tertiary/aromatic N) is 2. The Labute approximate surface area is 306 Å². The van der Waals surface area contributed by atoms with Gasteiger partial charge in [0.2, 0.25) is 0 Å². The molecule has 0 aliphatic carbocycles. The maximum absolute atomic E-state index is 6.27. The Morgan fingerprint density at radius 2 is 0.925 bits per heavy atom. The summed E-state index contributed by atoms with van der Waals surface area (Å²) in [6.07, 6.45) is 0. The standard InChI is InChI=1S/C50H32N2O/c1-2-10-33(11-3-1)34-20-22-37(23-21-34)52-47-16-8-6-14-43(47)44-28-25-40(32-48(44)52)51(39-26-29-50-46(31-39)45-15-7-9-17-49(45)53-50)38-24-27-42-36(30-38)19-18-35-12-4-5-13-41(35)42/h1-32H. The summed E-state index contributed by atoms with van der Waals surface area (Å²) in [4.78, 5) is 2.38. The predicted molar refractivity (Wildman–Crippen MR) is 223 cm³/mol. The lowest BCUT2D eigenvalue weighted by Gasteiger charge is -2.26. The molecule has 2 aromatic heterocycles. The normalized spacial score (nSPS) is 11.8. The molecule has 0 amide bonds. The number of anilines is 3. The van der Waals surface area contributed by atoms with Gasteiger partial charge in [0.25, 0.3) is 0 Å². The molecule has 0 spiro atoms. The van der Waals surface area contributed by atoms with E-state index in [0.717, 1.165) is 50.2 Å². The van der Waals surface area contributed by atoms with E-state index in [2.05, 4.69) is 191 Å². The second-order valence-corrected chi connectivity index (χ2v) is 13.8. The second kappa shape index (κ2) is 11.7. The summed E-state index contributed by atoms with van der Waals surface area (Å²) in [5.41, 5.74) is 10.9. The van der Waals surface area contributed by atoms with Crippen molar-refractivity contribution < 1.29 is 4.42 Å². The van der Waals surface area contributed by atoms with Crippen LogP contribution in [0.2, 0.25) is 0 Å². The molecule has 0 aliphatic heterocycles. The first-order valence-corrected chi connectivity index (χ1v) is 18.1. The molecule has 248 valence electrons. The summed E-state index contributed by atoms with van der Waals surface area (Å²) in [6.45, 7) is 0. The highest BCUT2D eigenvalue weighted by atomic mass is 16.3. The highest BCUT2D eigenvalue weighted by Gasteiger charge is 2.19. The van der Waals surface area contributed by atoms with Crippen molar-refractivity contribution in [3.05, 3.63) is 194 Å². The first kappa shape index (κ1) is 29.6. The Kier molecular flexibility index (Phi) is 6.55. The molecule has 3 heteroatoms. The summed E-state index contributed by atoms with van der Waals surface area (Å²) in [5.74, 6) is 0. The molecule has 53 heavy (non-hydrogen) atoms. The molecule has 0 fully saturated rings. The lowest BCUT2D eigenvalue weighted by atomic mass is 10.0. The zero-order chi connectivity index (χ0) is 34.9. The number of hydrogen-bond donors (Lipinski definition) is 0. The summed E-state index contributed by atoms with van der Waals surface area (Å²) in [6, 6.07) is 69.9. The van der Waals surface area contributed by atoms with Crippen LogP contribution in [-0.4, -0.2) is 4.57 Å². The van der Waals surface area contributed by atoms with Crippen LogP contribution >= 0.6 is 0 Å². The third-order valence-corrected chi connectivity index (χ3v) is 10.8. The molecule has 0 saturated heterocycles. The number of rotatable bonds is 5. The van der Waals surface area contributed by atoms with E-state index in [1.807, 2.05) is 12.1 Å². The quantitative estimate of drug-likeness (QED) is 0.169. The fourth-order valence-electron chi connectivity index (χ4n) is 8.25. The Morgan fingerprint density at radius 1 is 0.340 bits per heavy atom. The van der Waals surface area contributed by atoms with Crippen molar-refractivity contribution in [3.8, 4) is 16.8 Å². The van der Waals surface area contributed by atoms with Crippen molar-refractivity contribution in [3.63, 3.8) is 0 Å². The largest absolute Gasteiger partial charge is 0.456 e. The molecular weight excluding hydrogens is 645 g/mol. The third kappa shape index (κ3) is 4.75. The Balaban J connectivity index is 1.14. The molecule has 11 rings (SSSR count). The summed E-state index contributed by atoms with van der Waals surface area (Å²) in [5, 5.41) is 9.63. The first-order valence-electron chi connectivity index (χ1n) is 18.1. The second-order valence-electron chi connectivity index (χ2n) is 13.8. The van der Waals surface area contributed by atoms with Crippen LogP contribution in [0.25, 0.3) is 82.1 Å². The molecule has 0 atom stereocenters. The fourth-order valence-corrected chi connectivity index (χ4v) is 8.25. The van der Waals surface area contributed by atoms with E-state index < -0.39 is 0 Å². The minimum Gasteiger partial charge on any atom is -0.456 e. The highest BCUT2D eigenvalue weighted by Crippen LogP contribution is 2.43. The van der Waals surface area contributed by atoms with Gasteiger partial charge in [0.05, 0.1) is 11.0 Å². The van der Waals surface area contributed by atoms with E-state index in [1.165, 1.54) is 49.0 Å². The molecule has 0 unspecified atom stereocenters. The van der Waals surface area contributed by atoms with Gasteiger partial charge < -0.3 is 13.9 Å². The zero-order valence-electron chi connectivity index (χ0n) is 28.8. The smallest absolute Gasteiger partial charge is 0.135 e. The summed E-state index contributed by atoms with van der Waals surface area (Å²) >= 11 is 0. The van der Waals surface area contributed by atoms with Crippen LogP contribution in [-0.2, 0) is 0 Å².